The summed E-state index contributed by atoms with van der Waals surface area (Å²) in [4.78, 5) is 16.8. The first-order valence-corrected chi connectivity index (χ1v) is 8.57. The minimum absolute atomic E-state index is 0.206. The lowest BCUT2D eigenvalue weighted by Crippen LogP contribution is -2.57. The quantitative estimate of drug-likeness (QED) is 0.779. The molecule has 0 aromatic rings. The predicted octanol–water partition coefficient (Wildman–Crippen LogP) is 2.55. The van der Waals surface area contributed by atoms with Gasteiger partial charge < -0.3 is 9.64 Å². The van der Waals surface area contributed by atoms with Crippen molar-refractivity contribution in [2.45, 2.75) is 44.2 Å². The van der Waals surface area contributed by atoms with Crippen molar-refractivity contribution in [2.24, 2.45) is 0 Å². The second-order valence-corrected chi connectivity index (χ2v) is 7.03. The first-order valence-electron chi connectivity index (χ1n) is 7.81. The lowest BCUT2D eigenvalue weighted by Gasteiger charge is -2.44. The van der Waals surface area contributed by atoms with E-state index in [1.807, 2.05) is 4.90 Å². The van der Waals surface area contributed by atoms with E-state index >= 15 is 0 Å². The summed E-state index contributed by atoms with van der Waals surface area (Å²) in [6.07, 6.45) is 5.56. The number of carbonyl (C=O) groups excluding carboxylic acids is 1. The van der Waals surface area contributed by atoms with Gasteiger partial charge in [-0.3, -0.25) is 9.69 Å². The molecular formula is C15H22Cl2N2O2. The standard InChI is InChI=1S/C15H22Cl2N2O2/c16-11-5-6-18(9-12(11)17)10-15(20)19-7-8-21-14-4-2-1-3-13(14)19/h13-14H,1-10H2. The van der Waals surface area contributed by atoms with Gasteiger partial charge in [0.25, 0.3) is 0 Å². The van der Waals surface area contributed by atoms with Crippen LogP contribution in [0.4, 0.5) is 0 Å². The van der Waals surface area contributed by atoms with Gasteiger partial charge in [0.05, 0.1) is 25.3 Å². The Morgan fingerprint density at radius 2 is 2.00 bits per heavy atom. The zero-order valence-corrected chi connectivity index (χ0v) is 13.7. The molecule has 1 saturated carbocycles. The molecule has 0 aromatic heterocycles. The topological polar surface area (TPSA) is 32.8 Å². The fourth-order valence-corrected chi connectivity index (χ4v) is 3.98. The Hall–Kier alpha value is -0.290. The number of carbonyl (C=O) groups is 1. The summed E-state index contributed by atoms with van der Waals surface area (Å²) >= 11 is 12.1. The van der Waals surface area contributed by atoms with Crippen molar-refractivity contribution in [2.75, 3.05) is 32.8 Å². The van der Waals surface area contributed by atoms with E-state index in [-0.39, 0.29) is 18.1 Å². The molecule has 0 aromatic carbocycles. The normalized spacial score (nSPS) is 31.2. The van der Waals surface area contributed by atoms with Gasteiger partial charge in [0.1, 0.15) is 0 Å². The molecule has 3 rings (SSSR count). The highest BCUT2D eigenvalue weighted by Gasteiger charge is 2.37. The van der Waals surface area contributed by atoms with E-state index in [1.54, 1.807) is 0 Å². The highest BCUT2D eigenvalue weighted by atomic mass is 35.5. The molecule has 1 saturated heterocycles. The number of rotatable bonds is 2. The molecule has 0 radical (unpaired) electrons. The van der Waals surface area contributed by atoms with Crippen LogP contribution in [0.25, 0.3) is 0 Å². The molecule has 0 N–H and O–H groups in total. The third kappa shape index (κ3) is 3.55. The smallest absolute Gasteiger partial charge is 0.237 e. The minimum atomic E-state index is 0.206. The van der Waals surface area contributed by atoms with Crippen LogP contribution >= 0.6 is 23.2 Å². The van der Waals surface area contributed by atoms with Crippen LogP contribution in [0.15, 0.2) is 10.1 Å². The Morgan fingerprint density at radius 3 is 2.81 bits per heavy atom. The van der Waals surface area contributed by atoms with E-state index in [2.05, 4.69) is 4.90 Å². The van der Waals surface area contributed by atoms with E-state index in [0.717, 1.165) is 37.4 Å². The number of nitrogens with zero attached hydrogens (tertiary/aromatic N) is 2. The molecule has 1 aliphatic carbocycles. The van der Waals surface area contributed by atoms with Crippen molar-refractivity contribution in [3.8, 4) is 0 Å². The molecule has 2 atom stereocenters. The average molecular weight is 333 g/mol. The average Bonchev–Trinajstić information content (AvgIpc) is 2.50. The van der Waals surface area contributed by atoms with Crippen LogP contribution in [-0.2, 0) is 9.53 Å². The molecule has 0 bridgehead atoms. The molecule has 2 unspecified atom stereocenters. The second-order valence-electron chi connectivity index (χ2n) is 6.12. The first kappa shape index (κ1) is 15.6. The van der Waals surface area contributed by atoms with Gasteiger partial charge >= 0.3 is 0 Å². The number of hydrogen-bond acceptors (Lipinski definition) is 3. The molecular weight excluding hydrogens is 311 g/mol. The number of hydrogen-bond donors (Lipinski definition) is 0. The van der Waals surface area contributed by atoms with Crippen LogP contribution in [0.1, 0.15) is 32.1 Å². The maximum absolute atomic E-state index is 12.6. The summed E-state index contributed by atoms with van der Waals surface area (Å²) in [6, 6.07) is 0.277. The van der Waals surface area contributed by atoms with E-state index in [4.69, 9.17) is 27.9 Å². The maximum atomic E-state index is 12.6. The third-order valence-corrected chi connectivity index (χ3v) is 5.58. The van der Waals surface area contributed by atoms with Gasteiger partial charge in [0.2, 0.25) is 5.91 Å². The molecule has 4 nitrogen and oxygen atoms in total. The number of ether oxygens (including phenoxy) is 1. The van der Waals surface area contributed by atoms with E-state index in [9.17, 15) is 4.79 Å². The number of halogens is 2. The Labute approximate surface area is 136 Å². The molecule has 21 heavy (non-hydrogen) atoms. The number of fused-ring (bicyclic) bond motifs is 1. The van der Waals surface area contributed by atoms with Crippen LogP contribution in [0, 0.1) is 0 Å². The molecule has 2 fully saturated rings. The van der Waals surface area contributed by atoms with E-state index in [1.165, 1.54) is 12.8 Å². The second kappa shape index (κ2) is 6.86. The largest absolute Gasteiger partial charge is 0.374 e. The fraction of sp³-hybridized carbons (Fsp3) is 0.800. The molecule has 1 amide bonds. The minimum Gasteiger partial charge on any atom is -0.374 e. The Balaban J connectivity index is 1.59. The molecule has 6 heteroatoms. The van der Waals surface area contributed by atoms with Crippen LogP contribution in [0.3, 0.4) is 0 Å². The van der Waals surface area contributed by atoms with Gasteiger partial charge in [-0.15, -0.1) is 0 Å². The Morgan fingerprint density at radius 1 is 1.19 bits per heavy atom. The van der Waals surface area contributed by atoms with E-state index < -0.39 is 0 Å². The van der Waals surface area contributed by atoms with Crippen molar-refractivity contribution in [3.63, 3.8) is 0 Å². The lowest BCUT2D eigenvalue weighted by molar-refractivity contribution is -0.150. The molecule has 2 heterocycles. The van der Waals surface area contributed by atoms with Crippen molar-refractivity contribution in [3.05, 3.63) is 10.1 Å². The summed E-state index contributed by atoms with van der Waals surface area (Å²) in [6.45, 7) is 3.21. The zero-order valence-electron chi connectivity index (χ0n) is 12.2. The highest BCUT2D eigenvalue weighted by molar-refractivity contribution is 6.39. The Kier molecular flexibility index (Phi) is 5.10. The molecule has 118 valence electrons. The van der Waals surface area contributed by atoms with Crippen molar-refractivity contribution in [1.82, 2.24) is 9.80 Å². The first-order chi connectivity index (χ1) is 10.1. The van der Waals surface area contributed by atoms with Crippen molar-refractivity contribution in [1.29, 1.82) is 0 Å². The summed E-state index contributed by atoms with van der Waals surface area (Å²) in [5.74, 6) is 0.206. The van der Waals surface area contributed by atoms with Crippen molar-refractivity contribution < 1.29 is 9.53 Å². The van der Waals surface area contributed by atoms with Crippen LogP contribution < -0.4 is 0 Å². The van der Waals surface area contributed by atoms with Gasteiger partial charge in [-0.05, 0) is 19.3 Å². The number of morpholine rings is 1. The summed E-state index contributed by atoms with van der Waals surface area (Å²) in [5.41, 5.74) is 0. The lowest BCUT2D eigenvalue weighted by atomic mass is 9.90. The zero-order chi connectivity index (χ0) is 14.8. The van der Waals surface area contributed by atoms with Gasteiger partial charge in [-0.1, -0.05) is 36.0 Å². The SMILES string of the molecule is O=C(CN1CCC(Cl)=C(Cl)C1)N1CCOC2CCCCC21. The monoisotopic (exact) mass is 332 g/mol. The van der Waals surface area contributed by atoms with Crippen LogP contribution in [0.5, 0.6) is 0 Å². The van der Waals surface area contributed by atoms with Crippen LogP contribution in [-0.4, -0.2) is 60.6 Å². The van der Waals surface area contributed by atoms with E-state index in [0.29, 0.717) is 24.7 Å². The summed E-state index contributed by atoms with van der Waals surface area (Å²) in [7, 11) is 0. The Bertz CT molecular complexity index is 439. The fourth-order valence-electron chi connectivity index (χ4n) is 3.58. The van der Waals surface area contributed by atoms with Gasteiger partial charge in [-0.2, -0.15) is 0 Å². The molecule has 0 spiro atoms. The molecule has 3 aliphatic rings. The van der Waals surface area contributed by atoms with Gasteiger partial charge in [0.15, 0.2) is 0 Å². The van der Waals surface area contributed by atoms with Crippen LogP contribution in [0.2, 0.25) is 0 Å². The molecule has 2 aliphatic heterocycles. The highest BCUT2D eigenvalue weighted by Crippen LogP contribution is 2.29. The van der Waals surface area contributed by atoms with Gasteiger partial charge in [0, 0.05) is 29.7 Å². The maximum Gasteiger partial charge on any atom is 0.237 e. The summed E-state index contributed by atoms with van der Waals surface area (Å²) in [5, 5.41) is 1.41. The van der Waals surface area contributed by atoms with Gasteiger partial charge in [-0.25, -0.2) is 0 Å². The number of amides is 1. The van der Waals surface area contributed by atoms with Crippen molar-refractivity contribution >= 4 is 29.1 Å². The predicted molar refractivity (Wildman–Crippen MR) is 83.5 cm³/mol. The summed E-state index contributed by atoms with van der Waals surface area (Å²) < 4.78 is 5.83. The third-order valence-electron chi connectivity index (χ3n) is 4.72.